The molecular formula is C16H14N2O3. The number of ether oxygens (including phenoxy) is 2. The summed E-state index contributed by atoms with van der Waals surface area (Å²) in [5.74, 6) is 1.24. The van der Waals surface area contributed by atoms with Crippen LogP contribution in [-0.4, -0.2) is 18.2 Å². The van der Waals surface area contributed by atoms with E-state index in [0.717, 1.165) is 16.7 Å². The van der Waals surface area contributed by atoms with Crippen LogP contribution >= 0.6 is 0 Å². The van der Waals surface area contributed by atoms with E-state index in [0.29, 0.717) is 11.4 Å². The van der Waals surface area contributed by atoms with E-state index >= 15 is 0 Å². The van der Waals surface area contributed by atoms with Crippen molar-refractivity contribution >= 4 is 22.7 Å². The van der Waals surface area contributed by atoms with E-state index in [1.807, 2.05) is 18.2 Å². The molecule has 3 rings (SSSR count). The Morgan fingerprint density at radius 3 is 2.67 bits per heavy atom. The van der Waals surface area contributed by atoms with Crippen LogP contribution in [0.4, 0.5) is 10.5 Å². The molecule has 0 bridgehead atoms. The fraction of sp³-hybridized carbons (Fsp3) is 0.0625. The van der Waals surface area contributed by atoms with E-state index in [2.05, 4.69) is 10.3 Å². The Bertz CT molecular complexity index is 763. The normalized spacial score (nSPS) is 10.3. The summed E-state index contributed by atoms with van der Waals surface area (Å²) in [7, 11) is 1.59. The molecule has 0 atom stereocenters. The molecule has 0 radical (unpaired) electrons. The number of nitrogens with one attached hydrogen (secondary N) is 2. The lowest BCUT2D eigenvalue weighted by Gasteiger charge is -2.08. The van der Waals surface area contributed by atoms with Gasteiger partial charge in [0.15, 0.2) is 0 Å². The monoisotopic (exact) mass is 282 g/mol. The zero-order chi connectivity index (χ0) is 14.7. The molecule has 2 N–H and O–H groups in total. The molecule has 0 aliphatic carbocycles. The molecule has 21 heavy (non-hydrogen) atoms. The summed E-state index contributed by atoms with van der Waals surface area (Å²) in [5, 5.41) is 3.53. The van der Waals surface area contributed by atoms with Crippen molar-refractivity contribution < 1.29 is 14.3 Å². The highest BCUT2D eigenvalue weighted by Crippen LogP contribution is 2.25. The predicted octanol–water partition coefficient (Wildman–Crippen LogP) is 3.79. The molecule has 0 saturated carbocycles. The Kier molecular flexibility index (Phi) is 3.47. The summed E-state index contributed by atoms with van der Waals surface area (Å²) in [6, 6.07) is 14.4. The van der Waals surface area contributed by atoms with Gasteiger partial charge in [-0.05, 0) is 42.5 Å². The SMILES string of the molecule is COc1ccc(NC(=O)Oc2cccc3[nH]ccc23)cc1. The highest BCUT2D eigenvalue weighted by atomic mass is 16.6. The molecule has 1 amide bonds. The smallest absolute Gasteiger partial charge is 0.417 e. The fourth-order valence-corrected chi connectivity index (χ4v) is 2.06. The second-order valence-corrected chi connectivity index (χ2v) is 4.44. The number of amides is 1. The molecule has 1 aromatic heterocycles. The molecule has 5 heteroatoms. The molecule has 0 aliphatic rings. The van der Waals surface area contributed by atoms with E-state index in [-0.39, 0.29) is 0 Å². The van der Waals surface area contributed by atoms with Gasteiger partial charge in [-0.3, -0.25) is 5.32 Å². The summed E-state index contributed by atoms with van der Waals surface area (Å²) < 4.78 is 10.4. The number of hydrogen-bond donors (Lipinski definition) is 2. The molecule has 0 unspecified atom stereocenters. The Balaban J connectivity index is 1.72. The van der Waals surface area contributed by atoms with Crippen LogP contribution in [0, 0.1) is 0 Å². The van der Waals surface area contributed by atoms with Crippen LogP contribution in [0.2, 0.25) is 0 Å². The topological polar surface area (TPSA) is 63.4 Å². The van der Waals surface area contributed by atoms with E-state index in [9.17, 15) is 4.79 Å². The highest BCUT2D eigenvalue weighted by Gasteiger charge is 2.08. The van der Waals surface area contributed by atoms with Gasteiger partial charge in [-0.2, -0.15) is 0 Å². The third-order valence-corrected chi connectivity index (χ3v) is 3.09. The average Bonchev–Trinajstić information content (AvgIpc) is 2.97. The van der Waals surface area contributed by atoms with Gasteiger partial charge in [-0.15, -0.1) is 0 Å². The Morgan fingerprint density at radius 2 is 1.90 bits per heavy atom. The van der Waals surface area contributed by atoms with Crippen molar-refractivity contribution in [1.29, 1.82) is 0 Å². The van der Waals surface area contributed by atoms with Crippen molar-refractivity contribution in [1.82, 2.24) is 4.98 Å². The lowest BCUT2D eigenvalue weighted by Crippen LogP contribution is -2.16. The van der Waals surface area contributed by atoms with Crippen LogP contribution in [0.15, 0.2) is 54.7 Å². The fourth-order valence-electron chi connectivity index (χ4n) is 2.06. The van der Waals surface area contributed by atoms with Crippen LogP contribution in [0.1, 0.15) is 0 Å². The first kappa shape index (κ1) is 13.1. The lowest BCUT2D eigenvalue weighted by atomic mass is 10.2. The standard InChI is InChI=1S/C16H14N2O3/c1-20-12-7-5-11(6-8-12)18-16(19)21-15-4-2-3-14-13(15)9-10-17-14/h2-10,17H,1H3,(H,18,19). The zero-order valence-corrected chi connectivity index (χ0v) is 11.4. The van der Waals surface area contributed by atoms with Gasteiger partial charge in [0.05, 0.1) is 7.11 Å². The number of aromatic amines is 1. The molecular weight excluding hydrogens is 268 g/mol. The van der Waals surface area contributed by atoms with Crippen LogP contribution in [0.3, 0.4) is 0 Å². The van der Waals surface area contributed by atoms with Crippen molar-refractivity contribution in [3.63, 3.8) is 0 Å². The van der Waals surface area contributed by atoms with Crippen molar-refractivity contribution in [2.24, 2.45) is 0 Å². The van der Waals surface area contributed by atoms with Crippen LogP contribution in [0.5, 0.6) is 11.5 Å². The van der Waals surface area contributed by atoms with E-state index in [1.54, 1.807) is 43.6 Å². The van der Waals surface area contributed by atoms with Crippen LogP contribution < -0.4 is 14.8 Å². The van der Waals surface area contributed by atoms with Gasteiger partial charge in [0.2, 0.25) is 0 Å². The van der Waals surface area contributed by atoms with Crippen molar-refractivity contribution in [3.8, 4) is 11.5 Å². The number of anilines is 1. The molecule has 5 nitrogen and oxygen atoms in total. The van der Waals surface area contributed by atoms with Gasteiger partial charge in [-0.1, -0.05) is 6.07 Å². The van der Waals surface area contributed by atoms with E-state index in [1.165, 1.54) is 0 Å². The van der Waals surface area contributed by atoms with Crippen molar-refractivity contribution in [2.45, 2.75) is 0 Å². The average molecular weight is 282 g/mol. The van der Waals surface area contributed by atoms with Gasteiger partial charge in [-0.25, -0.2) is 4.79 Å². The summed E-state index contributed by atoms with van der Waals surface area (Å²) in [5.41, 5.74) is 1.56. The number of carbonyl (C=O) groups excluding carboxylic acids is 1. The van der Waals surface area contributed by atoms with Crippen molar-refractivity contribution in [2.75, 3.05) is 12.4 Å². The minimum Gasteiger partial charge on any atom is -0.497 e. The molecule has 0 fully saturated rings. The van der Waals surface area contributed by atoms with Gasteiger partial charge in [0.1, 0.15) is 11.5 Å². The quantitative estimate of drug-likeness (QED) is 0.768. The Hall–Kier alpha value is -2.95. The first-order chi connectivity index (χ1) is 10.3. The minimum atomic E-state index is -0.533. The van der Waals surface area contributed by atoms with Gasteiger partial charge in [0, 0.05) is 22.8 Å². The number of fused-ring (bicyclic) bond motifs is 1. The zero-order valence-electron chi connectivity index (χ0n) is 11.4. The van der Waals surface area contributed by atoms with Gasteiger partial charge in [0.25, 0.3) is 0 Å². The Labute approximate surface area is 121 Å². The second-order valence-electron chi connectivity index (χ2n) is 4.44. The largest absolute Gasteiger partial charge is 0.497 e. The first-order valence-corrected chi connectivity index (χ1v) is 6.45. The number of methoxy groups -OCH3 is 1. The number of H-pyrrole nitrogens is 1. The minimum absolute atomic E-state index is 0.514. The molecule has 106 valence electrons. The maximum atomic E-state index is 11.9. The maximum Gasteiger partial charge on any atom is 0.417 e. The molecule has 1 heterocycles. The third-order valence-electron chi connectivity index (χ3n) is 3.09. The molecule has 0 spiro atoms. The van der Waals surface area contributed by atoms with E-state index < -0.39 is 6.09 Å². The number of hydrogen-bond acceptors (Lipinski definition) is 3. The predicted molar refractivity (Wildman–Crippen MR) is 80.9 cm³/mol. The number of benzene rings is 2. The van der Waals surface area contributed by atoms with Crippen LogP contribution in [0.25, 0.3) is 10.9 Å². The van der Waals surface area contributed by atoms with Crippen LogP contribution in [-0.2, 0) is 0 Å². The third kappa shape index (κ3) is 2.81. The first-order valence-electron chi connectivity index (χ1n) is 6.45. The Morgan fingerprint density at radius 1 is 1.10 bits per heavy atom. The van der Waals surface area contributed by atoms with E-state index in [4.69, 9.17) is 9.47 Å². The van der Waals surface area contributed by atoms with Crippen molar-refractivity contribution in [3.05, 3.63) is 54.7 Å². The van der Waals surface area contributed by atoms with Gasteiger partial charge >= 0.3 is 6.09 Å². The summed E-state index contributed by atoms with van der Waals surface area (Å²) in [4.78, 5) is 15.0. The number of carbonyl (C=O) groups is 1. The summed E-state index contributed by atoms with van der Waals surface area (Å²) in [6.45, 7) is 0. The highest BCUT2D eigenvalue weighted by molar-refractivity contribution is 5.91. The molecule has 3 aromatic rings. The second kappa shape index (κ2) is 5.58. The molecule has 2 aromatic carbocycles. The molecule has 0 aliphatic heterocycles. The van der Waals surface area contributed by atoms with Gasteiger partial charge < -0.3 is 14.5 Å². The number of aromatic nitrogens is 1. The summed E-state index contributed by atoms with van der Waals surface area (Å²) >= 11 is 0. The number of rotatable bonds is 3. The summed E-state index contributed by atoms with van der Waals surface area (Å²) in [6.07, 6.45) is 1.27. The maximum absolute atomic E-state index is 11.9. The lowest BCUT2D eigenvalue weighted by molar-refractivity contribution is 0.215. The molecule has 0 saturated heterocycles.